The highest BCUT2D eigenvalue weighted by atomic mass is 16.6. The molecule has 1 unspecified atom stereocenters. The maximum atomic E-state index is 12.9. The molecule has 0 aromatic heterocycles. The van der Waals surface area contributed by atoms with E-state index >= 15 is 0 Å². The van der Waals surface area contributed by atoms with Crippen LogP contribution in [0.25, 0.3) is 0 Å². The van der Waals surface area contributed by atoms with E-state index in [0.717, 1.165) is 173 Å². The van der Waals surface area contributed by atoms with E-state index in [0.29, 0.717) is 19.3 Å². The molecule has 0 aromatic carbocycles. The number of carbonyl (C=O) groups is 3. The highest BCUT2D eigenvalue weighted by molar-refractivity contribution is 5.71. The van der Waals surface area contributed by atoms with E-state index in [2.05, 4.69) is 167 Å². The zero-order chi connectivity index (χ0) is 54.3. The summed E-state index contributed by atoms with van der Waals surface area (Å²) in [5.74, 6) is -0.964. The fourth-order valence-electron chi connectivity index (χ4n) is 7.82. The van der Waals surface area contributed by atoms with Crippen molar-refractivity contribution >= 4 is 17.9 Å². The van der Waals surface area contributed by atoms with Crippen molar-refractivity contribution in [2.24, 2.45) is 0 Å². The highest BCUT2D eigenvalue weighted by Crippen LogP contribution is 2.13. The molecular formula is C69H110O6. The Morgan fingerprint density at radius 3 is 0.813 bits per heavy atom. The van der Waals surface area contributed by atoms with Crippen molar-refractivity contribution in [3.63, 3.8) is 0 Å². The van der Waals surface area contributed by atoms with E-state index < -0.39 is 6.10 Å². The molecule has 0 aromatic rings. The van der Waals surface area contributed by atoms with Gasteiger partial charge in [0.15, 0.2) is 6.10 Å². The Kier molecular flexibility index (Phi) is 58.0. The molecule has 0 saturated heterocycles. The van der Waals surface area contributed by atoms with Crippen LogP contribution in [0.4, 0.5) is 0 Å². The lowest BCUT2D eigenvalue weighted by Crippen LogP contribution is -2.30. The number of esters is 3. The number of hydrogen-bond donors (Lipinski definition) is 0. The fourth-order valence-corrected chi connectivity index (χ4v) is 7.82. The molecule has 0 rings (SSSR count). The molecule has 422 valence electrons. The Labute approximate surface area is 461 Å². The van der Waals surface area contributed by atoms with Gasteiger partial charge in [0.05, 0.1) is 0 Å². The van der Waals surface area contributed by atoms with Gasteiger partial charge in [0.25, 0.3) is 0 Å². The van der Waals surface area contributed by atoms with E-state index in [-0.39, 0.29) is 31.1 Å². The smallest absolute Gasteiger partial charge is 0.306 e. The second kappa shape index (κ2) is 61.8. The molecule has 0 spiro atoms. The Balaban J connectivity index is 4.52. The lowest BCUT2D eigenvalue weighted by molar-refractivity contribution is -0.167. The van der Waals surface area contributed by atoms with Gasteiger partial charge in [-0.15, -0.1) is 0 Å². The van der Waals surface area contributed by atoms with Crippen molar-refractivity contribution in [1.82, 2.24) is 0 Å². The number of allylic oxidation sites excluding steroid dienone is 24. The Hall–Kier alpha value is -4.71. The summed E-state index contributed by atoms with van der Waals surface area (Å²) in [6.07, 6.45) is 88.3. The van der Waals surface area contributed by atoms with E-state index in [1.165, 1.54) is 38.5 Å². The molecule has 1 atom stereocenters. The van der Waals surface area contributed by atoms with Gasteiger partial charge in [-0.1, -0.05) is 237 Å². The summed E-state index contributed by atoms with van der Waals surface area (Å²) < 4.78 is 16.9. The number of rotatable bonds is 53. The molecule has 0 aliphatic rings. The third-order valence-corrected chi connectivity index (χ3v) is 12.3. The molecule has 0 bridgehead atoms. The number of ether oxygens (including phenoxy) is 3. The molecular weight excluding hydrogens is 925 g/mol. The van der Waals surface area contributed by atoms with Crippen LogP contribution in [0.1, 0.15) is 252 Å². The minimum Gasteiger partial charge on any atom is -0.462 e. The van der Waals surface area contributed by atoms with Gasteiger partial charge in [-0.3, -0.25) is 14.4 Å². The largest absolute Gasteiger partial charge is 0.462 e. The van der Waals surface area contributed by atoms with Crippen LogP contribution in [0.2, 0.25) is 0 Å². The third kappa shape index (κ3) is 60.0. The van der Waals surface area contributed by atoms with Gasteiger partial charge >= 0.3 is 17.9 Å². The summed E-state index contributed by atoms with van der Waals surface area (Å²) >= 11 is 0. The van der Waals surface area contributed by atoms with Gasteiger partial charge in [-0.25, -0.2) is 0 Å². The van der Waals surface area contributed by atoms with Crippen LogP contribution in [-0.2, 0) is 28.6 Å². The lowest BCUT2D eigenvalue weighted by Gasteiger charge is -2.18. The Morgan fingerprint density at radius 1 is 0.280 bits per heavy atom. The maximum absolute atomic E-state index is 12.9. The maximum Gasteiger partial charge on any atom is 0.306 e. The summed E-state index contributed by atoms with van der Waals surface area (Å²) in [4.78, 5) is 38.3. The SMILES string of the molecule is CC/C=C\C/C=C\C/C=C\C/C=C\C/C=C\CCCCCCCC(=O)OCC(COC(=O)CCCCCC/C=C\C/C=C\C/C=C\C/C=C\CC)OC(=O)CCCCCCCC/C=C\C/C=C\C/C=C\CCCCC. The predicted molar refractivity (Wildman–Crippen MR) is 325 cm³/mol. The summed E-state index contributed by atoms with van der Waals surface area (Å²) in [6, 6.07) is 0. The summed E-state index contributed by atoms with van der Waals surface area (Å²) in [6.45, 7) is 6.33. The first kappa shape index (κ1) is 70.3. The quantitative estimate of drug-likeness (QED) is 0.0261. The molecule has 0 radical (unpaired) electrons. The summed E-state index contributed by atoms with van der Waals surface area (Å²) in [5.41, 5.74) is 0. The van der Waals surface area contributed by atoms with Crippen molar-refractivity contribution in [2.45, 2.75) is 258 Å². The third-order valence-electron chi connectivity index (χ3n) is 12.3. The average Bonchev–Trinajstić information content (AvgIpc) is 3.41. The highest BCUT2D eigenvalue weighted by Gasteiger charge is 2.19. The van der Waals surface area contributed by atoms with Crippen LogP contribution in [0.15, 0.2) is 146 Å². The monoisotopic (exact) mass is 1030 g/mol. The van der Waals surface area contributed by atoms with Gasteiger partial charge in [0.1, 0.15) is 13.2 Å². The standard InChI is InChI=1S/C69H110O6/c1-4-7-10-13-16-19-22-25-28-31-33-34-36-38-41-44-47-50-53-56-59-62-68(71)74-65-66(64-73-67(70)61-58-55-52-49-46-43-40-37-30-27-24-21-18-15-12-9-6-3)75-69(72)63-60-57-54-51-48-45-42-39-35-32-29-26-23-20-17-14-11-8-5-2/h7,9-10,12,16-21,25-30,33-35,38-41,43,66H,4-6,8,11,13-15,22-24,31-32,36-37,42,44-65H2,1-3H3/b10-7-,12-9-,19-16-,20-17-,21-18-,28-25-,29-26-,30-27-,34-33-,39-35-,41-38-,43-40-. The Bertz CT molecular complexity index is 1660. The van der Waals surface area contributed by atoms with Crippen molar-refractivity contribution in [3.8, 4) is 0 Å². The second-order valence-electron chi connectivity index (χ2n) is 19.5. The minimum atomic E-state index is -0.812. The summed E-state index contributed by atoms with van der Waals surface area (Å²) in [7, 11) is 0. The van der Waals surface area contributed by atoms with Crippen LogP contribution in [0.5, 0.6) is 0 Å². The van der Waals surface area contributed by atoms with Crippen LogP contribution < -0.4 is 0 Å². The van der Waals surface area contributed by atoms with Crippen molar-refractivity contribution < 1.29 is 28.6 Å². The van der Waals surface area contributed by atoms with Crippen molar-refractivity contribution in [2.75, 3.05) is 13.2 Å². The van der Waals surface area contributed by atoms with Crippen molar-refractivity contribution in [3.05, 3.63) is 146 Å². The zero-order valence-corrected chi connectivity index (χ0v) is 48.3. The predicted octanol–water partition coefficient (Wildman–Crippen LogP) is 20.8. The molecule has 6 nitrogen and oxygen atoms in total. The molecule has 6 heteroatoms. The van der Waals surface area contributed by atoms with E-state index in [1.807, 2.05) is 0 Å². The van der Waals surface area contributed by atoms with Gasteiger partial charge in [-0.2, -0.15) is 0 Å². The minimum absolute atomic E-state index is 0.107. The average molecular weight is 1040 g/mol. The fraction of sp³-hybridized carbons (Fsp3) is 0.609. The lowest BCUT2D eigenvalue weighted by atomic mass is 10.1. The first-order valence-electron chi connectivity index (χ1n) is 30.3. The van der Waals surface area contributed by atoms with E-state index in [4.69, 9.17) is 14.2 Å². The van der Waals surface area contributed by atoms with Crippen molar-refractivity contribution in [1.29, 1.82) is 0 Å². The number of hydrogen-bond acceptors (Lipinski definition) is 6. The number of carbonyl (C=O) groups excluding carboxylic acids is 3. The molecule has 0 fully saturated rings. The Morgan fingerprint density at radius 2 is 0.520 bits per heavy atom. The first-order valence-corrected chi connectivity index (χ1v) is 30.3. The normalized spacial score (nSPS) is 13.2. The molecule has 75 heavy (non-hydrogen) atoms. The van der Waals surface area contributed by atoms with Crippen LogP contribution in [-0.4, -0.2) is 37.2 Å². The van der Waals surface area contributed by atoms with Crippen LogP contribution in [0.3, 0.4) is 0 Å². The van der Waals surface area contributed by atoms with Crippen LogP contribution in [0, 0.1) is 0 Å². The van der Waals surface area contributed by atoms with Gasteiger partial charge in [0.2, 0.25) is 0 Å². The summed E-state index contributed by atoms with van der Waals surface area (Å²) in [5, 5.41) is 0. The van der Waals surface area contributed by atoms with Crippen LogP contribution >= 0.6 is 0 Å². The molecule has 0 amide bonds. The zero-order valence-electron chi connectivity index (χ0n) is 48.3. The van der Waals surface area contributed by atoms with E-state index in [1.54, 1.807) is 0 Å². The van der Waals surface area contributed by atoms with E-state index in [9.17, 15) is 14.4 Å². The van der Waals surface area contributed by atoms with Gasteiger partial charge < -0.3 is 14.2 Å². The molecule has 0 N–H and O–H groups in total. The second-order valence-corrected chi connectivity index (χ2v) is 19.5. The van der Waals surface area contributed by atoms with Gasteiger partial charge in [0, 0.05) is 19.3 Å². The molecule has 0 aliphatic heterocycles. The number of unbranched alkanes of at least 4 members (excludes halogenated alkanes) is 18. The van der Waals surface area contributed by atoms with Gasteiger partial charge in [-0.05, 0) is 141 Å². The molecule has 0 heterocycles. The molecule has 0 saturated carbocycles. The topological polar surface area (TPSA) is 78.9 Å². The molecule has 0 aliphatic carbocycles. The first-order chi connectivity index (χ1) is 37.0.